The van der Waals surface area contributed by atoms with Gasteiger partial charge in [-0.1, -0.05) is 51.6 Å². The van der Waals surface area contributed by atoms with Crippen LogP contribution in [0.25, 0.3) is 5.57 Å². The topological polar surface area (TPSA) is 75.5 Å². The number of amides is 2. The average Bonchev–Trinajstić information content (AvgIpc) is 2.97. The summed E-state index contributed by atoms with van der Waals surface area (Å²) in [4.78, 5) is 20.9. The SMILES string of the molecule is C/C=C(\CC)c1cccc(NC(=O)N2CCOCC2)c1.C=C(OC(=NC)c1ccc(C(C)C)c(F)c1)C(F)F.C=NC. The van der Waals surface area contributed by atoms with Gasteiger partial charge in [-0.25, -0.2) is 18.0 Å². The molecule has 1 aliphatic rings. The van der Waals surface area contributed by atoms with Crippen molar-refractivity contribution in [2.45, 2.75) is 46.5 Å². The van der Waals surface area contributed by atoms with Gasteiger partial charge in [-0.3, -0.25) is 4.99 Å². The van der Waals surface area contributed by atoms with Gasteiger partial charge in [-0.15, -0.1) is 0 Å². The van der Waals surface area contributed by atoms with Gasteiger partial charge in [0.05, 0.1) is 13.2 Å². The van der Waals surface area contributed by atoms with Crippen LogP contribution in [0.1, 0.15) is 56.7 Å². The Kier molecular flexibility index (Phi) is 16.5. The number of benzene rings is 2. The summed E-state index contributed by atoms with van der Waals surface area (Å²) in [6.45, 7) is 16.6. The Morgan fingerprint density at radius 2 is 1.79 bits per heavy atom. The number of rotatable bonds is 7. The molecule has 0 spiro atoms. The van der Waals surface area contributed by atoms with Gasteiger partial charge in [0.2, 0.25) is 5.90 Å². The minimum atomic E-state index is -2.81. The molecule has 7 nitrogen and oxygen atoms in total. The number of urea groups is 1. The van der Waals surface area contributed by atoms with Gasteiger partial charge in [-0.2, -0.15) is 0 Å². The minimum absolute atomic E-state index is 0.0352. The molecule has 1 saturated heterocycles. The third-order valence-electron chi connectivity index (χ3n) is 6.06. The van der Waals surface area contributed by atoms with E-state index in [9.17, 15) is 18.0 Å². The predicted molar refractivity (Wildman–Crippen MR) is 166 cm³/mol. The monoisotopic (exact) mass is 588 g/mol. The van der Waals surface area contributed by atoms with Crippen molar-refractivity contribution in [1.29, 1.82) is 0 Å². The molecule has 0 bridgehead atoms. The molecule has 0 aromatic heterocycles. The highest BCUT2D eigenvalue weighted by Crippen LogP contribution is 2.22. The molecule has 0 unspecified atom stereocenters. The Labute approximate surface area is 247 Å². The van der Waals surface area contributed by atoms with Crippen molar-refractivity contribution < 1.29 is 27.4 Å². The molecule has 1 fully saturated rings. The maximum Gasteiger partial charge on any atom is 0.321 e. The largest absolute Gasteiger partial charge is 0.438 e. The van der Waals surface area contributed by atoms with E-state index in [4.69, 9.17) is 9.47 Å². The molecule has 42 heavy (non-hydrogen) atoms. The standard InChI is InChI=1S/C16H22N2O2.C14H16F3NO.C2H5N/c1-3-13(4-2)14-6-5-7-15(12-14)17-16(19)18-8-10-20-11-9-18;1-8(2)11-6-5-10(7-12(11)15)14(18-4)19-9(3)13(16)17;1-3-2/h3,5-7,12H,4,8-11H2,1-2H3,(H,17,19);5-8,13H,3H2,1-2,4H3;1H2,2H3/b13-3+;;. The van der Waals surface area contributed by atoms with Gasteiger partial charge in [0, 0.05) is 38.4 Å². The van der Waals surface area contributed by atoms with E-state index in [-0.39, 0.29) is 17.8 Å². The van der Waals surface area contributed by atoms with Crippen LogP contribution in [-0.2, 0) is 9.47 Å². The molecule has 0 aliphatic carbocycles. The second-order valence-electron chi connectivity index (χ2n) is 9.38. The van der Waals surface area contributed by atoms with Crippen LogP contribution in [0.2, 0.25) is 0 Å². The molecular weight excluding hydrogens is 545 g/mol. The highest BCUT2D eigenvalue weighted by molar-refractivity contribution is 5.94. The van der Waals surface area contributed by atoms with Gasteiger partial charge in [-0.05, 0) is 66.9 Å². The van der Waals surface area contributed by atoms with Gasteiger partial charge in [0.1, 0.15) is 5.82 Å². The fourth-order valence-electron chi connectivity index (χ4n) is 3.87. The summed E-state index contributed by atoms with van der Waals surface area (Å²) in [5.74, 6) is -1.18. The van der Waals surface area contributed by atoms with Crippen molar-refractivity contribution in [3.8, 4) is 0 Å². The summed E-state index contributed by atoms with van der Waals surface area (Å²) in [6.07, 6.45) is 0.289. The van der Waals surface area contributed by atoms with Crippen LogP contribution in [-0.4, -0.2) is 70.4 Å². The minimum Gasteiger partial charge on any atom is -0.438 e. The second kappa shape index (κ2) is 19.2. The zero-order valence-corrected chi connectivity index (χ0v) is 25.4. The van der Waals surface area contributed by atoms with E-state index in [1.165, 1.54) is 18.7 Å². The molecule has 3 rings (SSSR count). The second-order valence-corrected chi connectivity index (χ2v) is 9.38. The molecule has 1 aliphatic heterocycles. The first-order chi connectivity index (χ1) is 20.0. The third kappa shape index (κ3) is 11.9. The maximum atomic E-state index is 13.8. The number of alkyl halides is 2. The van der Waals surface area contributed by atoms with E-state index >= 15 is 0 Å². The Hall–Kier alpha value is -3.92. The number of hydrogen-bond donors (Lipinski definition) is 1. The van der Waals surface area contributed by atoms with E-state index < -0.39 is 18.0 Å². The fraction of sp³-hybridized carbons (Fsp3) is 0.406. The molecule has 0 atom stereocenters. The Bertz CT molecular complexity index is 1220. The van der Waals surface area contributed by atoms with Crippen molar-refractivity contribution in [1.82, 2.24) is 4.90 Å². The van der Waals surface area contributed by atoms with Crippen molar-refractivity contribution in [3.05, 3.63) is 83.4 Å². The lowest BCUT2D eigenvalue weighted by molar-refractivity contribution is 0.0564. The number of nitrogens with one attached hydrogen (secondary N) is 1. The number of ether oxygens (including phenoxy) is 2. The van der Waals surface area contributed by atoms with Gasteiger partial charge in [0.25, 0.3) is 6.43 Å². The molecule has 2 aromatic carbocycles. The molecule has 10 heteroatoms. The number of halogens is 3. The van der Waals surface area contributed by atoms with E-state index in [0.717, 1.165) is 17.7 Å². The number of anilines is 1. The Morgan fingerprint density at radius 3 is 2.29 bits per heavy atom. The highest BCUT2D eigenvalue weighted by Gasteiger charge is 2.17. The fourth-order valence-corrected chi connectivity index (χ4v) is 3.87. The molecule has 0 saturated carbocycles. The van der Waals surface area contributed by atoms with Gasteiger partial charge >= 0.3 is 6.03 Å². The molecule has 1 heterocycles. The van der Waals surface area contributed by atoms with Crippen molar-refractivity contribution in [2.75, 3.05) is 45.7 Å². The zero-order chi connectivity index (χ0) is 31.7. The summed E-state index contributed by atoms with van der Waals surface area (Å²) < 4.78 is 48.6. The zero-order valence-electron chi connectivity index (χ0n) is 25.4. The number of carbonyl (C=O) groups excluding carboxylic acids is 1. The Balaban J connectivity index is 0.000000385. The first-order valence-corrected chi connectivity index (χ1v) is 13.7. The van der Waals surface area contributed by atoms with Crippen molar-refractivity contribution in [3.63, 3.8) is 0 Å². The van der Waals surface area contributed by atoms with E-state index in [0.29, 0.717) is 37.4 Å². The van der Waals surface area contributed by atoms with Crippen LogP contribution in [0.15, 0.2) is 70.9 Å². The predicted octanol–water partition coefficient (Wildman–Crippen LogP) is 7.80. The van der Waals surface area contributed by atoms with E-state index in [2.05, 4.69) is 47.7 Å². The van der Waals surface area contributed by atoms with Crippen LogP contribution in [0.3, 0.4) is 0 Å². The summed E-state index contributed by atoms with van der Waals surface area (Å²) >= 11 is 0. The summed E-state index contributed by atoms with van der Waals surface area (Å²) in [5.41, 5.74) is 4.13. The van der Waals surface area contributed by atoms with Crippen molar-refractivity contribution in [2.24, 2.45) is 9.98 Å². The third-order valence-corrected chi connectivity index (χ3v) is 6.06. The normalized spacial score (nSPS) is 13.5. The van der Waals surface area contributed by atoms with Crippen LogP contribution in [0.4, 0.5) is 23.7 Å². The van der Waals surface area contributed by atoms with E-state index in [1.54, 1.807) is 24.1 Å². The quantitative estimate of drug-likeness (QED) is 0.204. The first-order valence-electron chi connectivity index (χ1n) is 13.7. The molecule has 1 N–H and O–H groups in total. The smallest absolute Gasteiger partial charge is 0.321 e. The van der Waals surface area contributed by atoms with Crippen LogP contribution in [0.5, 0.6) is 0 Å². The van der Waals surface area contributed by atoms with Gasteiger partial charge in [0.15, 0.2) is 5.76 Å². The number of hydrogen-bond acceptors (Lipinski definition) is 5. The molecule has 2 amide bonds. The molecular formula is C32H43F3N4O3. The highest BCUT2D eigenvalue weighted by atomic mass is 19.3. The molecule has 230 valence electrons. The Morgan fingerprint density at radius 1 is 1.14 bits per heavy atom. The molecule has 2 aromatic rings. The maximum absolute atomic E-state index is 13.8. The number of nitrogens with zero attached hydrogens (tertiary/aromatic N) is 3. The van der Waals surface area contributed by atoms with Crippen LogP contribution >= 0.6 is 0 Å². The number of aliphatic imine (C=N–C) groups is 2. The summed E-state index contributed by atoms with van der Waals surface area (Å²) in [7, 11) is 3.02. The lowest BCUT2D eigenvalue weighted by atomic mass is 10.0. The van der Waals surface area contributed by atoms with Crippen LogP contribution in [0, 0.1) is 5.82 Å². The van der Waals surface area contributed by atoms with Crippen molar-refractivity contribution >= 4 is 29.9 Å². The number of allylic oxidation sites excluding steroid dienone is 3. The summed E-state index contributed by atoms with van der Waals surface area (Å²) in [6, 6.07) is 12.3. The lowest BCUT2D eigenvalue weighted by Crippen LogP contribution is -2.43. The number of carbonyl (C=O) groups is 1. The first kappa shape index (κ1) is 36.1. The summed E-state index contributed by atoms with van der Waals surface area (Å²) in [5, 5.41) is 2.96. The number of morpholine rings is 1. The molecule has 0 radical (unpaired) electrons. The average molecular weight is 589 g/mol. The van der Waals surface area contributed by atoms with Crippen LogP contribution < -0.4 is 5.32 Å². The van der Waals surface area contributed by atoms with E-state index in [1.807, 2.05) is 39.0 Å². The van der Waals surface area contributed by atoms with Gasteiger partial charge < -0.3 is 24.7 Å². The lowest BCUT2D eigenvalue weighted by Gasteiger charge is -2.27.